The molecule has 1 aliphatic carbocycles. The number of nitrogens with one attached hydrogen (secondary N) is 1. The van der Waals surface area contributed by atoms with Crippen LogP contribution in [-0.2, 0) is 16.4 Å². The smallest absolute Gasteiger partial charge is 0.241 e. The molecule has 35 heavy (non-hydrogen) atoms. The highest BCUT2D eigenvalue weighted by atomic mass is 32.2. The predicted molar refractivity (Wildman–Crippen MR) is 132 cm³/mol. The van der Waals surface area contributed by atoms with Crippen molar-refractivity contribution < 1.29 is 27.4 Å². The topological polar surface area (TPSA) is 100 Å². The van der Waals surface area contributed by atoms with Crippen molar-refractivity contribution in [3.8, 4) is 34.1 Å². The molecule has 3 aromatic rings. The van der Waals surface area contributed by atoms with Crippen molar-refractivity contribution in [3.63, 3.8) is 0 Å². The van der Waals surface area contributed by atoms with E-state index >= 15 is 0 Å². The minimum atomic E-state index is -3.86. The van der Waals surface area contributed by atoms with Gasteiger partial charge in [0, 0.05) is 11.6 Å². The molecule has 1 N–H and O–H groups in total. The van der Waals surface area contributed by atoms with Crippen LogP contribution in [0.4, 0.5) is 0 Å². The maximum Gasteiger partial charge on any atom is 0.241 e. The Kier molecular flexibility index (Phi) is 7.00. The first-order chi connectivity index (χ1) is 16.8. The van der Waals surface area contributed by atoms with Gasteiger partial charge in [0.2, 0.25) is 21.2 Å². The van der Waals surface area contributed by atoms with Crippen LogP contribution in [-0.4, -0.2) is 36.9 Å². The van der Waals surface area contributed by atoms with E-state index < -0.39 is 16.1 Å². The number of hydrogen-bond donors (Lipinski definition) is 1. The molecule has 0 saturated heterocycles. The molecule has 0 bridgehead atoms. The Hall–Kier alpha value is -3.56. The first-order valence-corrected chi connectivity index (χ1v) is 12.4. The predicted octanol–water partition coefficient (Wildman–Crippen LogP) is 3.71. The summed E-state index contributed by atoms with van der Waals surface area (Å²) in [5.74, 6) is 1.48. The monoisotopic (exact) mass is 497 g/mol. The van der Waals surface area contributed by atoms with Crippen LogP contribution < -0.4 is 29.1 Å². The molecule has 0 heterocycles. The number of sulfonamides is 1. The van der Waals surface area contributed by atoms with Crippen LogP contribution in [0.3, 0.4) is 0 Å². The van der Waals surface area contributed by atoms with Crippen molar-refractivity contribution in [3.05, 3.63) is 75.9 Å². The van der Waals surface area contributed by atoms with Crippen molar-refractivity contribution in [1.29, 1.82) is 0 Å². The third-order valence-corrected chi connectivity index (χ3v) is 7.56. The second kappa shape index (κ2) is 9.97. The Labute approximate surface area is 204 Å². The molecular weight excluding hydrogens is 470 g/mol. The van der Waals surface area contributed by atoms with Crippen LogP contribution in [0, 0.1) is 0 Å². The van der Waals surface area contributed by atoms with Crippen molar-refractivity contribution >= 4 is 10.0 Å². The van der Waals surface area contributed by atoms with Gasteiger partial charge in [0.15, 0.2) is 17.2 Å². The van der Waals surface area contributed by atoms with Gasteiger partial charge in [-0.15, -0.1) is 0 Å². The van der Waals surface area contributed by atoms with Gasteiger partial charge in [0.1, 0.15) is 0 Å². The van der Waals surface area contributed by atoms with Gasteiger partial charge in [-0.2, -0.15) is 0 Å². The molecule has 0 radical (unpaired) electrons. The van der Waals surface area contributed by atoms with E-state index in [1.165, 1.54) is 39.5 Å². The first-order valence-electron chi connectivity index (χ1n) is 11.0. The molecule has 184 valence electrons. The first kappa shape index (κ1) is 24.6. The summed E-state index contributed by atoms with van der Waals surface area (Å²) in [6.45, 7) is 0. The number of hydrogen-bond acceptors (Lipinski definition) is 7. The summed E-state index contributed by atoms with van der Waals surface area (Å²) >= 11 is 0. The lowest BCUT2D eigenvalue weighted by atomic mass is 9.95. The van der Waals surface area contributed by atoms with Crippen molar-refractivity contribution in [2.24, 2.45) is 0 Å². The minimum Gasteiger partial charge on any atom is -0.493 e. The summed E-state index contributed by atoms with van der Waals surface area (Å²) in [5, 5.41) is 0. The molecule has 0 unspecified atom stereocenters. The maximum atomic E-state index is 13.2. The highest BCUT2D eigenvalue weighted by Crippen LogP contribution is 2.50. The van der Waals surface area contributed by atoms with Gasteiger partial charge in [-0.1, -0.05) is 24.3 Å². The molecule has 0 amide bonds. The number of ether oxygens (including phenoxy) is 4. The molecule has 0 aromatic heterocycles. The number of rotatable bonds is 7. The molecule has 9 heteroatoms. The molecule has 0 fully saturated rings. The van der Waals surface area contributed by atoms with E-state index in [-0.39, 0.29) is 16.1 Å². The highest BCUT2D eigenvalue weighted by Gasteiger charge is 2.31. The molecule has 0 saturated carbocycles. The highest BCUT2D eigenvalue weighted by molar-refractivity contribution is 7.89. The standard InChI is InChI=1S/C26H27NO7S/c1-31-22-13-11-18-19(15-21(22)28)20(27-35(29,30)17-8-6-5-7-9-17)12-10-16-14-23(32-2)25(33-3)26(34-4)24(16)18/h5-9,11,13-15,20,27H,10,12H2,1-4H3/t20-/m1/s1. The molecule has 1 atom stereocenters. The molecule has 3 aromatic carbocycles. The lowest BCUT2D eigenvalue weighted by Crippen LogP contribution is -2.29. The van der Waals surface area contributed by atoms with Gasteiger partial charge < -0.3 is 18.9 Å². The number of benzene rings is 2. The zero-order valence-electron chi connectivity index (χ0n) is 20.0. The second-order valence-corrected chi connectivity index (χ2v) is 9.70. The van der Waals surface area contributed by atoms with Gasteiger partial charge in [-0.05, 0) is 59.9 Å². The Morgan fingerprint density at radius 1 is 0.829 bits per heavy atom. The van der Waals surface area contributed by atoms with E-state index in [1.54, 1.807) is 37.4 Å². The third-order valence-electron chi connectivity index (χ3n) is 6.07. The molecule has 0 aliphatic heterocycles. The summed E-state index contributed by atoms with van der Waals surface area (Å²) < 4.78 is 51.4. The van der Waals surface area contributed by atoms with Crippen LogP contribution in [0.25, 0.3) is 11.1 Å². The summed E-state index contributed by atoms with van der Waals surface area (Å²) in [4.78, 5) is 13.1. The van der Waals surface area contributed by atoms with Gasteiger partial charge in [-0.3, -0.25) is 4.79 Å². The molecule has 4 rings (SSSR count). The maximum absolute atomic E-state index is 13.2. The SMILES string of the molecule is COc1cc2c(c(OC)c1OC)-c1ccc(OC)c(=O)cc1[C@H](NS(=O)(=O)c1ccccc1)CC2. The van der Waals surface area contributed by atoms with Crippen LogP contribution in [0.2, 0.25) is 0 Å². The fraction of sp³-hybridized carbons (Fsp3) is 0.269. The average Bonchev–Trinajstić information content (AvgIpc) is 3.11. The largest absolute Gasteiger partial charge is 0.493 e. The number of methoxy groups -OCH3 is 4. The Morgan fingerprint density at radius 3 is 2.14 bits per heavy atom. The minimum absolute atomic E-state index is 0.142. The summed E-state index contributed by atoms with van der Waals surface area (Å²) in [6, 6.07) is 14.1. The van der Waals surface area contributed by atoms with Crippen LogP contribution in [0.5, 0.6) is 23.0 Å². The molecule has 8 nitrogen and oxygen atoms in total. The van der Waals surface area contributed by atoms with Crippen LogP contribution in [0.15, 0.2) is 64.3 Å². The zero-order valence-corrected chi connectivity index (χ0v) is 20.8. The zero-order chi connectivity index (χ0) is 25.2. The summed E-state index contributed by atoms with van der Waals surface area (Å²) in [7, 11) is 2.14. The van der Waals surface area contributed by atoms with Gasteiger partial charge in [-0.25, -0.2) is 13.1 Å². The Morgan fingerprint density at radius 2 is 1.51 bits per heavy atom. The lowest BCUT2D eigenvalue weighted by molar-refractivity contribution is 0.324. The van der Waals surface area contributed by atoms with Gasteiger partial charge in [0.25, 0.3) is 0 Å². The average molecular weight is 498 g/mol. The van der Waals surface area contributed by atoms with E-state index in [1.807, 2.05) is 6.07 Å². The molecular formula is C26H27NO7S. The quantitative estimate of drug-likeness (QED) is 0.531. The van der Waals surface area contributed by atoms with Gasteiger partial charge in [0.05, 0.1) is 33.3 Å². The number of aryl methyl sites for hydroxylation is 1. The van der Waals surface area contributed by atoms with Gasteiger partial charge >= 0.3 is 0 Å². The molecule has 1 aliphatic rings. The third kappa shape index (κ3) is 4.56. The number of fused-ring (bicyclic) bond motifs is 3. The van der Waals surface area contributed by atoms with Crippen LogP contribution >= 0.6 is 0 Å². The Balaban J connectivity index is 1.99. The fourth-order valence-electron chi connectivity index (χ4n) is 4.44. The molecule has 0 spiro atoms. The second-order valence-electron chi connectivity index (χ2n) is 7.98. The lowest BCUT2D eigenvalue weighted by Gasteiger charge is -2.20. The van der Waals surface area contributed by atoms with E-state index in [4.69, 9.17) is 18.9 Å². The van der Waals surface area contributed by atoms with Crippen LogP contribution in [0.1, 0.15) is 23.6 Å². The van der Waals surface area contributed by atoms with Crippen molar-refractivity contribution in [2.75, 3.05) is 28.4 Å². The van der Waals surface area contributed by atoms with E-state index in [9.17, 15) is 13.2 Å². The normalized spacial score (nSPS) is 14.8. The van der Waals surface area contributed by atoms with E-state index in [0.29, 0.717) is 46.8 Å². The fourth-order valence-corrected chi connectivity index (χ4v) is 5.72. The Bertz CT molecular complexity index is 1410. The van der Waals surface area contributed by atoms with E-state index in [2.05, 4.69) is 4.72 Å². The van der Waals surface area contributed by atoms with E-state index in [0.717, 1.165) is 5.56 Å². The summed E-state index contributed by atoms with van der Waals surface area (Å²) in [5.41, 5.74) is 2.37. The van der Waals surface area contributed by atoms with Crippen molar-refractivity contribution in [2.45, 2.75) is 23.8 Å². The summed E-state index contributed by atoms with van der Waals surface area (Å²) in [6.07, 6.45) is 0.897. The van der Waals surface area contributed by atoms with Crippen molar-refractivity contribution in [1.82, 2.24) is 4.72 Å².